The zero-order chi connectivity index (χ0) is 12.0. The van der Waals surface area contributed by atoms with E-state index in [4.69, 9.17) is 10.9 Å². The summed E-state index contributed by atoms with van der Waals surface area (Å²) in [5, 5.41) is 11.3. The second kappa shape index (κ2) is 6.35. The summed E-state index contributed by atoms with van der Waals surface area (Å²) in [6.45, 7) is 0.519. The molecular formula is C11H21N3O2. The van der Waals surface area contributed by atoms with E-state index in [0.717, 1.165) is 25.7 Å². The number of nitrogens with two attached hydrogens (primary N) is 1. The number of carbonyl (C=O) groups is 1. The number of rotatable bonds is 4. The summed E-state index contributed by atoms with van der Waals surface area (Å²) in [5.41, 5.74) is 5.36. The molecule has 3 N–H and O–H groups in total. The fourth-order valence-corrected chi connectivity index (χ4v) is 2.10. The van der Waals surface area contributed by atoms with Crippen LogP contribution in [0.4, 0.5) is 0 Å². The van der Waals surface area contributed by atoms with E-state index < -0.39 is 0 Å². The van der Waals surface area contributed by atoms with Crippen molar-refractivity contribution in [2.45, 2.75) is 38.5 Å². The summed E-state index contributed by atoms with van der Waals surface area (Å²) >= 11 is 0. The minimum Gasteiger partial charge on any atom is -0.409 e. The monoisotopic (exact) mass is 227 g/mol. The molecule has 0 aromatic carbocycles. The molecule has 1 fully saturated rings. The Morgan fingerprint density at radius 2 is 2.06 bits per heavy atom. The molecule has 1 amide bonds. The summed E-state index contributed by atoms with van der Waals surface area (Å²) in [7, 11) is 1.78. The van der Waals surface area contributed by atoms with Crippen LogP contribution in [0.2, 0.25) is 0 Å². The normalized spacial score (nSPS) is 18.4. The highest BCUT2D eigenvalue weighted by Crippen LogP contribution is 2.25. The van der Waals surface area contributed by atoms with Gasteiger partial charge in [-0.2, -0.15) is 0 Å². The summed E-state index contributed by atoms with van der Waals surface area (Å²) in [5.74, 6) is 0.555. The molecule has 1 saturated carbocycles. The van der Waals surface area contributed by atoms with Crippen molar-refractivity contribution in [3.63, 3.8) is 0 Å². The standard InChI is InChI=1S/C11H21N3O2/c1-14(8-7-10(12)13-16)11(15)9-5-3-2-4-6-9/h9,16H,2-8H2,1H3,(H2,12,13). The van der Waals surface area contributed by atoms with E-state index in [1.54, 1.807) is 11.9 Å². The average Bonchev–Trinajstić information content (AvgIpc) is 2.35. The number of carbonyl (C=O) groups excluding carboxylic acids is 1. The van der Waals surface area contributed by atoms with Crippen LogP contribution < -0.4 is 5.73 Å². The molecule has 5 heteroatoms. The van der Waals surface area contributed by atoms with Gasteiger partial charge in [-0.25, -0.2) is 0 Å². The molecule has 1 aliphatic carbocycles. The Bertz CT molecular complexity index is 260. The molecule has 92 valence electrons. The van der Waals surface area contributed by atoms with Crippen LogP contribution in [0.1, 0.15) is 38.5 Å². The van der Waals surface area contributed by atoms with Crippen LogP contribution in [0, 0.1) is 5.92 Å². The van der Waals surface area contributed by atoms with Gasteiger partial charge in [-0.3, -0.25) is 4.79 Å². The van der Waals surface area contributed by atoms with E-state index >= 15 is 0 Å². The molecule has 0 aromatic rings. The molecule has 0 atom stereocenters. The highest BCUT2D eigenvalue weighted by molar-refractivity contribution is 5.82. The summed E-state index contributed by atoms with van der Waals surface area (Å²) in [6, 6.07) is 0. The average molecular weight is 227 g/mol. The van der Waals surface area contributed by atoms with E-state index in [2.05, 4.69) is 5.16 Å². The number of nitrogens with zero attached hydrogens (tertiary/aromatic N) is 2. The molecule has 0 aliphatic heterocycles. The lowest BCUT2D eigenvalue weighted by molar-refractivity contribution is -0.135. The second-order valence-corrected chi connectivity index (χ2v) is 4.44. The minimum atomic E-state index is 0.170. The Morgan fingerprint density at radius 3 is 2.62 bits per heavy atom. The summed E-state index contributed by atoms with van der Waals surface area (Å²) in [6.07, 6.45) is 6.00. The van der Waals surface area contributed by atoms with Crippen LogP contribution in [0.3, 0.4) is 0 Å². The number of oxime groups is 1. The Labute approximate surface area is 96.3 Å². The molecule has 1 aliphatic rings. The SMILES string of the molecule is CN(CC/C(N)=N/O)C(=O)C1CCCCC1. The Hall–Kier alpha value is -1.26. The van der Waals surface area contributed by atoms with Crippen molar-refractivity contribution < 1.29 is 10.0 Å². The van der Waals surface area contributed by atoms with Crippen molar-refractivity contribution in [3.8, 4) is 0 Å². The molecule has 0 heterocycles. The van der Waals surface area contributed by atoms with Crippen LogP contribution in [0.25, 0.3) is 0 Å². The predicted molar refractivity (Wildman–Crippen MR) is 62.2 cm³/mol. The number of hydrogen-bond donors (Lipinski definition) is 2. The van der Waals surface area contributed by atoms with Gasteiger partial charge in [0, 0.05) is 25.9 Å². The number of amidine groups is 1. The first-order valence-corrected chi connectivity index (χ1v) is 5.86. The summed E-state index contributed by atoms with van der Waals surface area (Å²) < 4.78 is 0. The van der Waals surface area contributed by atoms with Crippen molar-refractivity contribution in [1.29, 1.82) is 0 Å². The molecule has 0 unspecified atom stereocenters. The maximum atomic E-state index is 12.0. The van der Waals surface area contributed by atoms with Gasteiger partial charge in [-0.05, 0) is 12.8 Å². The van der Waals surface area contributed by atoms with Crippen molar-refractivity contribution in [1.82, 2.24) is 4.90 Å². The second-order valence-electron chi connectivity index (χ2n) is 4.44. The van der Waals surface area contributed by atoms with Gasteiger partial charge < -0.3 is 15.8 Å². The largest absolute Gasteiger partial charge is 0.409 e. The van der Waals surface area contributed by atoms with Crippen molar-refractivity contribution >= 4 is 11.7 Å². The summed E-state index contributed by atoms with van der Waals surface area (Å²) in [4.78, 5) is 13.7. The van der Waals surface area contributed by atoms with E-state index in [1.165, 1.54) is 6.42 Å². The molecule has 0 saturated heterocycles. The van der Waals surface area contributed by atoms with Gasteiger partial charge in [-0.15, -0.1) is 0 Å². The smallest absolute Gasteiger partial charge is 0.225 e. The van der Waals surface area contributed by atoms with Crippen LogP contribution >= 0.6 is 0 Å². The quantitative estimate of drug-likeness (QED) is 0.327. The highest BCUT2D eigenvalue weighted by atomic mass is 16.4. The maximum Gasteiger partial charge on any atom is 0.225 e. The molecule has 0 bridgehead atoms. The molecule has 1 rings (SSSR count). The Morgan fingerprint density at radius 1 is 1.44 bits per heavy atom. The van der Waals surface area contributed by atoms with E-state index in [-0.39, 0.29) is 17.7 Å². The molecule has 0 spiro atoms. The van der Waals surface area contributed by atoms with Gasteiger partial charge in [0.05, 0.1) is 0 Å². The van der Waals surface area contributed by atoms with E-state index in [9.17, 15) is 4.79 Å². The lowest BCUT2D eigenvalue weighted by atomic mass is 9.88. The van der Waals surface area contributed by atoms with Gasteiger partial charge >= 0.3 is 0 Å². The van der Waals surface area contributed by atoms with Crippen LogP contribution in [0.15, 0.2) is 5.16 Å². The van der Waals surface area contributed by atoms with Crippen molar-refractivity contribution in [2.24, 2.45) is 16.8 Å². The van der Waals surface area contributed by atoms with Gasteiger partial charge in [0.15, 0.2) is 0 Å². The van der Waals surface area contributed by atoms with Crippen LogP contribution in [-0.2, 0) is 4.79 Å². The first kappa shape index (κ1) is 12.8. The lowest BCUT2D eigenvalue weighted by Crippen LogP contribution is -2.36. The first-order chi connectivity index (χ1) is 7.65. The highest BCUT2D eigenvalue weighted by Gasteiger charge is 2.23. The third-order valence-electron chi connectivity index (χ3n) is 3.16. The van der Waals surface area contributed by atoms with Crippen molar-refractivity contribution in [2.75, 3.05) is 13.6 Å². The van der Waals surface area contributed by atoms with Gasteiger partial charge in [-0.1, -0.05) is 24.4 Å². The molecule has 16 heavy (non-hydrogen) atoms. The number of amides is 1. The van der Waals surface area contributed by atoms with Gasteiger partial charge in [0.2, 0.25) is 5.91 Å². The van der Waals surface area contributed by atoms with Crippen LogP contribution in [0.5, 0.6) is 0 Å². The Kier molecular flexibility index (Phi) is 5.08. The predicted octanol–water partition coefficient (Wildman–Crippen LogP) is 1.16. The zero-order valence-electron chi connectivity index (χ0n) is 9.85. The zero-order valence-corrected chi connectivity index (χ0v) is 9.85. The third-order valence-corrected chi connectivity index (χ3v) is 3.16. The molecular weight excluding hydrogens is 206 g/mol. The fourth-order valence-electron chi connectivity index (χ4n) is 2.10. The molecule has 0 radical (unpaired) electrons. The first-order valence-electron chi connectivity index (χ1n) is 5.86. The van der Waals surface area contributed by atoms with E-state index in [0.29, 0.717) is 13.0 Å². The lowest BCUT2D eigenvalue weighted by Gasteiger charge is -2.26. The molecule has 0 aromatic heterocycles. The Balaban J connectivity index is 2.34. The fraction of sp³-hybridized carbons (Fsp3) is 0.818. The van der Waals surface area contributed by atoms with E-state index in [1.807, 2.05) is 0 Å². The van der Waals surface area contributed by atoms with Gasteiger partial charge in [0.25, 0.3) is 0 Å². The minimum absolute atomic E-state index is 0.170. The van der Waals surface area contributed by atoms with Crippen LogP contribution in [-0.4, -0.2) is 35.4 Å². The molecule has 5 nitrogen and oxygen atoms in total. The number of hydrogen-bond acceptors (Lipinski definition) is 3. The van der Waals surface area contributed by atoms with Gasteiger partial charge in [0.1, 0.15) is 5.84 Å². The van der Waals surface area contributed by atoms with Crippen molar-refractivity contribution in [3.05, 3.63) is 0 Å². The topological polar surface area (TPSA) is 78.9 Å². The maximum absolute atomic E-state index is 12.0. The third kappa shape index (κ3) is 3.72.